The van der Waals surface area contributed by atoms with Crippen LogP contribution in [0.25, 0.3) is 0 Å². The summed E-state index contributed by atoms with van der Waals surface area (Å²) in [4.78, 5) is 6.74. The van der Waals surface area contributed by atoms with E-state index in [-0.39, 0.29) is 0 Å². The van der Waals surface area contributed by atoms with Crippen LogP contribution in [0.15, 0.2) is 63.5 Å². The molecule has 0 bridgehead atoms. The van der Waals surface area contributed by atoms with Crippen LogP contribution in [0.4, 0.5) is 11.4 Å². The SMILES string of the molecule is CC(C)=C1C=CC(=Nc2ccc(N(C)C)cc2SS(=O)(=O)O)C=C1. The summed E-state index contributed by atoms with van der Waals surface area (Å²) in [7, 11) is -0.113. The van der Waals surface area contributed by atoms with Gasteiger partial charge in [-0.05, 0) is 49.8 Å². The van der Waals surface area contributed by atoms with Crippen molar-refractivity contribution in [3.63, 3.8) is 0 Å². The lowest BCUT2D eigenvalue weighted by molar-refractivity contribution is 0.503. The van der Waals surface area contributed by atoms with Gasteiger partial charge in [0.05, 0.1) is 16.3 Å². The van der Waals surface area contributed by atoms with Gasteiger partial charge in [-0.25, -0.2) is 4.99 Å². The summed E-state index contributed by atoms with van der Waals surface area (Å²) < 4.78 is 31.7. The first-order valence-corrected chi connectivity index (χ1v) is 10.0. The second-order valence-corrected chi connectivity index (χ2v) is 8.94. The van der Waals surface area contributed by atoms with Crippen LogP contribution in [-0.4, -0.2) is 32.8 Å². The van der Waals surface area contributed by atoms with Gasteiger partial charge in [0.25, 0.3) is 0 Å². The number of rotatable bonds is 4. The minimum Gasteiger partial charge on any atom is -0.378 e. The molecule has 0 aliphatic heterocycles. The van der Waals surface area contributed by atoms with Crippen LogP contribution in [0.5, 0.6) is 0 Å². The van der Waals surface area contributed by atoms with E-state index in [0.29, 0.717) is 21.4 Å². The molecule has 2 rings (SSSR count). The van der Waals surface area contributed by atoms with Crippen molar-refractivity contribution in [1.82, 2.24) is 0 Å². The third-order valence-electron chi connectivity index (χ3n) is 3.35. The van der Waals surface area contributed by atoms with Gasteiger partial charge in [0, 0.05) is 30.6 Å². The van der Waals surface area contributed by atoms with Crippen molar-refractivity contribution in [1.29, 1.82) is 0 Å². The van der Waals surface area contributed by atoms with E-state index in [2.05, 4.69) is 4.99 Å². The highest BCUT2D eigenvalue weighted by Gasteiger charge is 2.14. The van der Waals surface area contributed by atoms with E-state index >= 15 is 0 Å². The predicted molar refractivity (Wildman–Crippen MR) is 102 cm³/mol. The summed E-state index contributed by atoms with van der Waals surface area (Å²) in [5.41, 5.74) is 4.37. The quantitative estimate of drug-likeness (QED) is 0.641. The first-order chi connectivity index (χ1) is 11.2. The van der Waals surface area contributed by atoms with Gasteiger partial charge in [-0.1, -0.05) is 17.7 Å². The standard InChI is InChI=1S/C17H20N2O3S2/c1-12(2)13-5-7-14(8-6-13)18-16-10-9-15(19(3)4)11-17(16)23-24(20,21)22/h5-11H,1-4H3,(H,20,21,22). The first kappa shape index (κ1) is 18.5. The molecule has 1 aliphatic carbocycles. The summed E-state index contributed by atoms with van der Waals surface area (Å²) in [6.07, 6.45) is 7.70. The van der Waals surface area contributed by atoms with Gasteiger partial charge in [0.2, 0.25) is 0 Å². The van der Waals surface area contributed by atoms with Crippen molar-refractivity contribution >= 4 is 37.0 Å². The molecule has 0 spiro atoms. The number of nitrogens with zero attached hydrogens (tertiary/aromatic N) is 2. The van der Waals surface area contributed by atoms with Crippen molar-refractivity contribution in [2.75, 3.05) is 19.0 Å². The van der Waals surface area contributed by atoms with Gasteiger partial charge in [0.15, 0.2) is 0 Å². The summed E-state index contributed by atoms with van der Waals surface area (Å²) in [6.45, 7) is 4.07. The monoisotopic (exact) mass is 364 g/mol. The minimum atomic E-state index is -4.22. The van der Waals surface area contributed by atoms with Crippen molar-refractivity contribution in [2.45, 2.75) is 18.7 Å². The highest BCUT2D eigenvalue weighted by atomic mass is 33.1. The largest absolute Gasteiger partial charge is 0.378 e. The van der Waals surface area contributed by atoms with Crippen molar-refractivity contribution in [3.8, 4) is 0 Å². The topological polar surface area (TPSA) is 70.0 Å². The van der Waals surface area contributed by atoms with Crippen LogP contribution in [0, 0.1) is 0 Å². The van der Waals surface area contributed by atoms with Crippen LogP contribution in [0.1, 0.15) is 13.8 Å². The molecule has 0 saturated heterocycles. The molecule has 24 heavy (non-hydrogen) atoms. The molecule has 7 heteroatoms. The Morgan fingerprint density at radius 3 is 2.25 bits per heavy atom. The van der Waals surface area contributed by atoms with Gasteiger partial charge in [-0.3, -0.25) is 4.55 Å². The van der Waals surface area contributed by atoms with Gasteiger partial charge in [-0.15, -0.1) is 0 Å². The number of benzene rings is 1. The van der Waals surface area contributed by atoms with E-state index in [1.165, 1.54) is 5.57 Å². The zero-order valence-corrected chi connectivity index (χ0v) is 15.6. The number of allylic oxidation sites excluding steroid dienone is 6. The van der Waals surface area contributed by atoms with Crippen LogP contribution in [0.2, 0.25) is 0 Å². The van der Waals surface area contributed by atoms with Crippen LogP contribution in [-0.2, 0) is 9.15 Å². The maximum atomic E-state index is 11.3. The lowest BCUT2D eigenvalue weighted by Crippen LogP contribution is -2.08. The molecule has 0 unspecified atom stereocenters. The van der Waals surface area contributed by atoms with E-state index < -0.39 is 9.15 Å². The van der Waals surface area contributed by atoms with E-state index in [0.717, 1.165) is 17.0 Å². The molecule has 0 atom stereocenters. The third kappa shape index (κ3) is 5.09. The fourth-order valence-electron chi connectivity index (χ4n) is 2.06. The van der Waals surface area contributed by atoms with E-state index in [9.17, 15) is 8.42 Å². The van der Waals surface area contributed by atoms with Crippen LogP contribution >= 0.6 is 10.8 Å². The zero-order valence-electron chi connectivity index (χ0n) is 14.0. The van der Waals surface area contributed by atoms with Crippen molar-refractivity contribution in [2.24, 2.45) is 4.99 Å². The molecule has 0 saturated carbocycles. The van der Waals surface area contributed by atoms with Crippen LogP contribution < -0.4 is 4.90 Å². The van der Waals surface area contributed by atoms with Crippen molar-refractivity contribution in [3.05, 3.63) is 53.6 Å². The maximum Gasteiger partial charge on any atom is 0.324 e. The Morgan fingerprint density at radius 1 is 1.12 bits per heavy atom. The lowest BCUT2D eigenvalue weighted by Gasteiger charge is -2.14. The molecule has 0 fully saturated rings. The van der Waals surface area contributed by atoms with Crippen LogP contribution in [0.3, 0.4) is 0 Å². The second-order valence-electron chi connectivity index (χ2n) is 5.72. The molecule has 1 aliphatic rings. The van der Waals surface area contributed by atoms with Crippen molar-refractivity contribution < 1.29 is 13.0 Å². The predicted octanol–water partition coefficient (Wildman–Crippen LogP) is 4.18. The Bertz CT molecular complexity index is 842. The Balaban J connectivity index is 2.43. The van der Waals surface area contributed by atoms with Gasteiger partial charge in [0.1, 0.15) is 0 Å². The average molecular weight is 364 g/mol. The fraction of sp³-hybridized carbons (Fsp3) is 0.235. The molecule has 128 valence electrons. The smallest absolute Gasteiger partial charge is 0.324 e. The molecule has 1 aromatic carbocycles. The maximum absolute atomic E-state index is 11.3. The average Bonchev–Trinajstić information content (AvgIpc) is 2.48. The molecule has 0 heterocycles. The zero-order chi connectivity index (χ0) is 17.9. The molecule has 0 radical (unpaired) electrons. The third-order valence-corrected chi connectivity index (χ3v) is 5.24. The van der Waals surface area contributed by atoms with E-state index in [1.807, 2.05) is 63.2 Å². The molecule has 0 aromatic heterocycles. The molecular weight excluding hydrogens is 344 g/mol. The minimum absolute atomic E-state index is 0.381. The lowest BCUT2D eigenvalue weighted by atomic mass is 10.0. The summed E-state index contributed by atoms with van der Waals surface area (Å²) in [5, 5.41) is 0. The summed E-state index contributed by atoms with van der Waals surface area (Å²) in [5.74, 6) is 0. The highest BCUT2D eigenvalue weighted by molar-refractivity contribution is 8.70. The van der Waals surface area contributed by atoms with E-state index in [4.69, 9.17) is 4.55 Å². The van der Waals surface area contributed by atoms with Gasteiger partial charge < -0.3 is 4.90 Å². The Hall–Kier alpha value is -1.83. The number of anilines is 1. The molecule has 0 amide bonds. The normalized spacial score (nSPS) is 14.0. The summed E-state index contributed by atoms with van der Waals surface area (Å²) >= 11 is 0. The Labute approximate surface area is 146 Å². The molecule has 1 aromatic rings. The second kappa shape index (κ2) is 7.38. The summed E-state index contributed by atoms with van der Waals surface area (Å²) in [6, 6.07) is 5.29. The molecule has 5 nitrogen and oxygen atoms in total. The Kier molecular flexibility index (Phi) is 5.69. The fourth-order valence-corrected chi connectivity index (χ4v) is 3.74. The first-order valence-electron chi connectivity index (χ1n) is 7.26. The van der Waals surface area contributed by atoms with Gasteiger partial charge in [-0.2, -0.15) is 8.42 Å². The number of hydrogen-bond acceptors (Lipinski definition) is 5. The Morgan fingerprint density at radius 2 is 1.75 bits per heavy atom. The number of hydrogen-bond donors (Lipinski definition) is 1. The van der Waals surface area contributed by atoms with Gasteiger partial charge >= 0.3 is 9.15 Å². The van der Waals surface area contributed by atoms with E-state index in [1.54, 1.807) is 12.1 Å². The molecule has 1 N–H and O–H groups in total. The highest BCUT2D eigenvalue weighted by Crippen LogP contribution is 2.36. The molecular formula is C17H20N2O3S2. The number of aliphatic imine (C=N–C) groups is 1.